The van der Waals surface area contributed by atoms with E-state index in [1.54, 1.807) is 0 Å². The third-order valence-corrected chi connectivity index (χ3v) is 3.95. The van der Waals surface area contributed by atoms with Crippen LogP contribution in [0.4, 0.5) is 5.69 Å². The second kappa shape index (κ2) is 5.12. The Morgan fingerprint density at radius 2 is 1.85 bits per heavy atom. The van der Waals surface area contributed by atoms with Crippen molar-refractivity contribution in [3.05, 3.63) is 65.2 Å². The van der Waals surface area contributed by atoms with Gasteiger partial charge in [-0.3, -0.25) is 4.79 Å². The first-order chi connectivity index (χ1) is 9.65. The fourth-order valence-corrected chi connectivity index (χ4v) is 2.91. The van der Waals surface area contributed by atoms with Crippen LogP contribution in [0.25, 0.3) is 0 Å². The summed E-state index contributed by atoms with van der Waals surface area (Å²) in [5, 5.41) is 0. The number of carbonyl (C=O) groups is 1. The SMILES string of the molecule is Cc1ccc(CC(=O)N2c3ccccc3C[C@H]2C)cc1. The Balaban J connectivity index is 1.82. The number of rotatable bonds is 2. The highest BCUT2D eigenvalue weighted by Crippen LogP contribution is 2.32. The van der Waals surface area contributed by atoms with Gasteiger partial charge in [0.15, 0.2) is 0 Å². The average Bonchev–Trinajstić information content (AvgIpc) is 2.77. The first-order valence-electron chi connectivity index (χ1n) is 7.10. The zero-order chi connectivity index (χ0) is 14.1. The molecule has 2 heteroatoms. The summed E-state index contributed by atoms with van der Waals surface area (Å²) in [6, 6.07) is 16.7. The molecule has 1 heterocycles. The minimum absolute atomic E-state index is 0.186. The summed E-state index contributed by atoms with van der Waals surface area (Å²) in [5.74, 6) is 0.186. The van der Waals surface area contributed by atoms with E-state index in [1.165, 1.54) is 11.1 Å². The molecule has 1 atom stereocenters. The molecule has 0 N–H and O–H groups in total. The van der Waals surface area contributed by atoms with Gasteiger partial charge in [0, 0.05) is 11.7 Å². The Morgan fingerprint density at radius 1 is 1.15 bits per heavy atom. The second-order valence-corrected chi connectivity index (χ2v) is 5.61. The number of hydrogen-bond acceptors (Lipinski definition) is 1. The van der Waals surface area contributed by atoms with Crippen LogP contribution in [-0.2, 0) is 17.6 Å². The van der Waals surface area contributed by atoms with Crippen molar-refractivity contribution in [2.75, 3.05) is 4.90 Å². The lowest BCUT2D eigenvalue weighted by molar-refractivity contribution is -0.118. The molecule has 2 aromatic rings. The molecule has 0 aromatic heterocycles. The fourth-order valence-electron chi connectivity index (χ4n) is 2.91. The van der Waals surface area contributed by atoms with Crippen LogP contribution in [0.3, 0.4) is 0 Å². The monoisotopic (exact) mass is 265 g/mol. The van der Waals surface area contributed by atoms with Crippen LogP contribution in [0.5, 0.6) is 0 Å². The molecule has 0 spiro atoms. The van der Waals surface area contributed by atoms with Crippen LogP contribution in [0.1, 0.15) is 23.6 Å². The topological polar surface area (TPSA) is 20.3 Å². The number of amides is 1. The minimum atomic E-state index is 0.186. The van der Waals surface area contributed by atoms with Crippen LogP contribution in [0, 0.1) is 6.92 Å². The lowest BCUT2D eigenvalue weighted by Crippen LogP contribution is -2.36. The highest BCUT2D eigenvalue weighted by atomic mass is 16.2. The molecule has 0 bridgehead atoms. The van der Waals surface area contributed by atoms with E-state index < -0.39 is 0 Å². The van der Waals surface area contributed by atoms with Crippen molar-refractivity contribution in [3.8, 4) is 0 Å². The first-order valence-corrected chi connectivity index (χ1v) is 7.10. The van der Waals surface area contributed by atoms with Crippen molar-refractivity contribution < 1.29 is 4.79 Å². The fraction of sp³-hybridized carbons (Fsp3) is 0.278. The van der Waals surface area contributed by atoms with E-state index >= 15 is 0 Å². The van der Waals surface area contributed by atoms with E-state index in [-0.39, 0.29) is 11.9 Å². The average molecular weight is 265 g/mol. The Bertz CT molecular complexity index is 630. The Kier molecular flexibility index (Phi) is 3.31. The van der Waals surface area contributed by atoms with Gasteiger partial charge in [0.1, 0.15) is 0 Å². The summed E-state index contributed by atoms with van der Waals surface area (Å²) >= 11 is 0. The maximum Gasteiger partial charge on any atom is 0.231 e. The number of benzene rings is 2. The Labute approximate surface area is 120 Å². The van der Waals surface area contributed by atoms with Crippen molar-refractivity contribution >= 4 is 11.6 Å². The van der Waals surface area contributed by atoms with Crippen LogP contribution < -0.4 is 4.90 Å². The number of anilines is 1. The molecule has 1 aliphatic rings. The summed E-state index contributed by atoms with van der Waals surface area (Å²) in [4.78, 5) is 14.6. The van der Waals surface area contributed by atoms with Gasteiger partial charge in [-0.05, 0) is 37.5 Å². The molecule has 102 valence electrons. The Hall–Kier alpha value is -2.09. The number of nitrogens with zero attached hydrogens (tertiary/aromatic N) is 1. The largest absolute Gasteiger partial charge is 0.309 e. The van der Waals surface area contributed by atoms with Gasteiger partial charge in [-0.2, -0.15) is 0 Å². The number of aryl methyl sites for hydroxylation is 1. The molecule has 1 aliphatic heterocycles. The van der Waals surface area contributed by atoms with Gasteiger partial charge in [0.2, 0.25) is 5.91 Å². The van der Waals surface area contributed by atoms with Crippen LogP contribution >= 0.6 is 0 Å². The summed E-state index contributed by atoms with van der Waals surface area (Å²) in [7, 11) is 0. The van der Waals surface area contributed by atoms with Gasteiger partial charge in [0.25, 0.3) is 0 Å². The van der Waals surface area contributed by atoms with Gasteiger partial charge in [-0.1, -0.05) is 48.0 Å². The highest BCUT2D eigenvalue weighted by Gasteiger charge is 2.30. The molecular weight excluding hydrogens is 246 g/mol. The summed E-state index contributed by atoms with van der Waals surface area (Å²) in [6.45, 7) is 4.18. The summed E-state index contributed by atoms with van der Waals surface area (Å²) in [5.41, 5.74) is 4.66. The van der Waals surface area contributed by atoms with E-state index in [0.717, 1.165) is 17.7 Å². The van der Waals surface area contributed by atoms with E-state index in [4.69, 9.17) is 0 Å². The molecule has 0 fully saturated rings. The number of fused-ring (bicyclic) bond motifs is 1. The van der Waals surface area contributed by atoms with Crippen LogP contribution in [0.2, 0.25) is 0 Å². The predicted octanol–water partition coefficient (Wildman–Crippen LogP) is 3.52. The molecule has 2 aromatic carbocycles. The lowest BCUT2D eigenvalue weighted by atomic mass is 10.1. The molecule has 20 heavy (non-hydrogen) atoms. The second-order valence-electron chi connectivity index (χ2n) is 5.61. The lowest BCUT2D eigenvalue weighted by Gasteiger charge is -2.22. The van der Waals surface area contributed by atoms with Crippen LogP contribution in [0.15, 0.2) is 48.5 Å². The van der Waals surface area contributed by atoms with Gasteiger partial charge in [-0.25, -0.2) is 0 Å². The molecule has 0 unspecified atom stereocenters. The smallest absolute Gasteiger partial charge is 0.231 e. The van der Waals surface area contributed by atoms with E-state index in [0.29, 0.717) is 6.42 Å². The molecule has 1 amide bonds. The summed E-state index contributed by atoms with van der Waals surface area (Å²) < 4.78 is 0. The molecule has 0 saturated carbocycles. The van der Waals surface area contributed by atoms with Gasteiger partial charge in [0.05, 0.1) is 6.42 Å². The molecule has 0 saturated heterocycles. The van der Waals surface area contributed by atoms with Crippen molar-refractivity contribution in [2.24, 2.45) is 0 Å². The van der Waals surface area contributed by atoms with E-state index in [2.05, 4.69) is 32.0 Å². The quantitative estimate of drug-likeness (QED) is 0.813. The zero-order valence-corrected chi connectivity index (χ0v) is 12.0. The first kappa shape index (κ1) is 12.9. The normalized spacial score (nSPS) is 17.1. The van der Waals surface area contributed by atoms with Gasteiger partial charge in [-0.15, -0.1) is 0 Å². The molecular formula is C18H19NO. The molecule has 0 radical (unpaired) electrons. The standard InChI is InChI=1S/C18H19NO/c1-13-7-9-15(10-8-13)12-18(20)19-14(2)11-16-5-3-4-6-17(16)19/h3-10,14H,11-12H2,1-2H3/t14-/m1/s1. The molecule has 0 aliphatic carbocycles. The highest BCUT2D eigenvalue weighted by molar-refractivity contribution is 5.97. The zero-order valence-electron chi connectivity index (χ0n) is 12.0. The van der Waals surface area contributed by atoms with E-state index in [9.17, 15) is 4.79 Å². The summed E-state index contributed by atoms with van der Waals surface area (Å²) in [6.07, 6.45) is 1.43. The third-order valence-electron chi connectivity index (χ3n) is 3.95. The van der Waals surface area contributed by atoms with Crippen molar-refractivity contribution in [1.29, 1.82) is 0 Å². The maximum absolute atomic E-state index is 12.6. The van der Waals surface area contributed by atoms with Crippen molar-refractivity contribution in [1.82, 2.24) is 0 Å². The number of carbonyl (C=O) groups excluding carboxylic acids is 1. The molecule has 3 rings (SSSR count). The van der Waals surface area contributed by atoms with E-state index in [1.807, 2.05) is 35.2 Å². The van der Waals surface area contributed by atoms with Crippen LogP contribution in [-0.4, -0.2) is 11.9 Å². The van der Waals surface area contributed by atoms with Gasteiger partial charge < -0.3 is 4.90 Å². The third kappa shape index (κ3) is 2.34. The number of hydrogen-bond donors (Lipinski definition) is 0. The minimum Gasteiger partial charge on any atom is -0.309 e. The van der Waals surface area contributed by atoms with Crippen molar-refractivity contribution in [3.63, 3.8) is 0 Å². The number of para-hydroxylation sites is 1. The maximum atomic E-state index is 12.6. The van der Waals surface area contributed by atoms with Gasteiger partial charge >= 0.3 is 0 Å². The molecule has 2 nitrogen and oxygen atoms in total. The Morgan fingerprint density at radius 3 is 2.60 bits per heavy atom. The van der Waals surface area contributed by atoms with Crippen molar-refractivity contribution in [2.45, 2.75) is 32.7 Å². The predicted molar refractivity (Wildman–Crippen MR) is 82.0 cm³/mol.